The highest BCUT2D eigenvalue weighted by molar-refractivity contribution is 5.92. The zero-order valence-corrected chi connectivity index (χ0v) is 15.7. The van der Waals surface area contributed by atoms with Crippen molar-refractivity contribution in [3.8, 4) is 12.3 Å². The quantitative estimate of drug-likeness (QED) is 0.742. The molecule has 0 bridgehead atoms. The molecule has 3 nitrogen and oxygen atoms in total. The molecule has 3 heteroatoms. The maximum atomic E-state index is 12.0. The second kappa shape index (κ2) is 5.44. The number of aliphatic hydroxyl groups is 1. The van der Waals surface area contributed by atoms with Crippen LogP contribution in [0.1, 0.15) is 58.8 Å². The van der Waals surface area contributed by atoms with E-state index in [1.54, 1.807) is 0 Å². The first-order chi connectivity index (χ1) is 11.8. The summed E-state index contributed by atoms with van der Waals surface area (Å²) in [7, 11) is 1.82. The maximum Gasteiger partial charge on any atom is 0.155 e. The number of rotatable bonds is 1. The maximum absolute atomic E-state index is 12.0. The molecule has 0 amide bonds. The minimum atomic E-state index is -0.971. The number of hydrogen-bond donors (Lipinski definition) is 1. The van der Waals surface area contributed by atoms with E-state index in [-0.39, 0.29) is 16.8 Å². The Morgan fingerprint density at radius 2 is 2.00 bits per heavy atom. The van der Waals surface area contributed by atoms with Crippen molar-refractivity contribution in [1.82, 2.24) is 0 Å². The van der Waals surface area contributed by atoms with E-state index in [0.29, 0.717) is 36.5 Å². The summed E-state index contributed by atoms with van der Waals surface area (Å²) in [6.07, 6.45) is 13.6. The van der Waals surface area contributed by atoms with Crippen molar-refractivity contribution in [3.05, 3.63) is 11.6 Å². The SMILES string of the molecule is C#C[C@]1(O)CC[C@H]2[C@@H]3[C@H](C)CC4=CC(=O)CC[C@]4(OC)[C@H]3CC[C@@]21C. The number of carbonyl (C=O) groups is 1. The van der Waals surface area contributed by atoms with Crippen LogP contribution in [0.5, 0.6) is 0 Å². The molecular formula is C22H30O3. The van der Waals surface area contributed by atoms with E-state index in [1.165, 1.54) is 5.57 Å². The van der Waals surface area contributed by atoms with Crippen LogP contribution in [0, 0.1) is 41.4 Å². The Kier molecular flexibility index (Phi) is 3.77. The van der Waals surface area contributed by atoms with E-state index in [0.717, 1.165) is 32.1 Å². The Bertz CT molecular complexity index is 673. The molecule has 0 heterocycles. The number of methoxy groups -OCH3 is 1. The average molecular weight is 342 g/mol. The van der Waals surface area contributed by atoms with Gasteiger partial charge in [0.2, 0.25) is 0 Å². The highest BCUT2D eigenvalue weighted by atomic mass is 16.5. The van der Waals surface area contributed by atoms with Gasteiger partial charge in [-0.05, 0) is 73.8 Å². The van der Waals surface area contributed by atoms with Gasteiger partial charge in [0.1, 0.15) is 5.60 Å². The van der Waals surface area contributed by atoms with Gasteiger partial charge in [0.25, 0.3) is 0 Å². The fourth-order valence-electron chi connectivity index (χ4n) is 7.17. The van der Waals surface area contributed by atoms with Crippen molar-refractivity contribution < 1.29 is 14.6 Å². The summed E-state index contributed by atoms with van der Waals surface area (Å²) >= 11 is 0. The molecule has 0 unspecified atom stereocenters. The summed E-state index contributed by atoms with van der Waals surface area (Å²) in [5, 5.41) is 11.1. The zero-order chi connectivity index (χ0) is 18.0. The molecule has 0 aromatic carbocycles. The van der Waals surface area contributed by atoms with E-state index in [1.807, 2.05) is 13.2 Å². The van der Waals surface area contributed by atoms with Gasteiger partial charge < -0.3 is 9.84 Å². The lowest BCUT2D eigenvalue weighted by atomic mass is 9.47. The molecule has 136 valence electrons. The fraction of sp³-hybridized carbons (Fsp3) is 0.773. The largest absolute Gasteiger partial charge is 0.377 e. The molecule has 4 aliphatic carbocycles. The van der Waals surface area contributed by atoms with Crippen LogP contribution < -0.4 is 0 Å². The number of ketones is 1. The summed E-state index contributed by atoms with van der Waals surface area (Å²) in [5.41, 5.74) is -0.226. The summed E-state index contributed by atoms with van der Waals surface area (Å²) in [6.45, 7) is 4.53. The van der Waals surface area contributed by atoms with Crippen molar-refractivity contribution in [2.24, 2.45) is 29.1 Å². The summed E-state index contributed by atoms with van der Waals surface area (Å²) in [5.74, 6) is 4.86. The molecule has 0 aromatic rings. The average Bonchev–Trinajstić information content (AvgIpc) is 2.87. The molecule has 0 spiro atoms. The fourth-order valence-corrected chi connectivity index (χ4v) is 7.17. The third-order valence-corrected chi connectivity index (χ3v) is 8.51. The van der Waals surface area contributed by atoms with Crippen molar-refractivity contribution >= 4 is 5.78 Å². The normalized spacial score (nSPS) is 51.8. The molecule has 4 rings (SSSR count). The molecular weight excluding hydrogens is 312 g/mol. The van der Waals surface area contributed by atoms with Crippen LogP contribution in [0.25, 0.3) is 0 Å². The second-order valence-electron chi connectivity index (χ2n) is 9.20. The van der Waals surface area contributed by atoms with Crippen LogP contribution in [0.3, 0.4) is 0 Å². The highest BCUT2D eigenvalue weighted by Crippen LogP contribution is 2.67. The van der Waals surface area contributed by atoms with Crippen LogP contribution in [-0.2, 0) is 9.53 Å². The first kappa shape index (κ1) is 17.3. The number of fused-ring (bicyclic) bond motifs is 5. The van der Waals surface area contributed by atoms with Gasteiger partial charge in [0.05, 0.1) is 5.60 Å². The molecule has 0 aromatic heterocycles. The topological polar surface area (TPSA) is 46.5 Å². The van der Waals surface area contributed by atoms with Gasteiger partial charge in [-0.15, -0.1) is 6.42 Å². The zero-order valence-electron chi connectivity index (χ0n) is 15.7. The monoisotopic (exact) mass is 342 g/mol. The molecule has 1 N–H and O–H groups in total. The standard InChI is InChI=1S/C22H30O3/c1-5-21(24)10-8-17-19-14(2)12-15-13-16(23)6-11-22(15,25-4)18(19)7-9-20(17,21)3/h1,13-14,17-19,24H,6-12H2,2-4H3/t14-,17+,18+,19+,20+,21+,22-/m1/s1. The summed E-state index contributed by atoms with van der Waals surface area (Å²) in [4.78, 5) is 12.0. The van der Waals surface area contributed by atoms with Gasteiger partial charge >= 0.3 is 0 Å². The van der Waals surface area contributed by atoms with Crippen LogP contribution in [0.4, 0.5) is 0 Å². The molecule has 0 aliphatic heterocycles. The summed E-state index contributed by atoms with van der Waals surface area (Å²) in [6, 6.07) is 0. The molecule has 0 radical (unpaired) electrons. The third kappa shape index (κ3) is 2.04. The minimum absolute atomic E-state index is 0.197. The van der Waals surface area contributed by atoms with Crippen molar-refractivity contribution in [1.29, 1.82) is 0 Å². The Balaban J connectivity index is 1.77. The van der Waals surface area contributed by atoms with E-state index >= 15 is 0 Å². The summed E-state index contributed by atoms with van der Waals surface area (Å²) < 4.78 is 6.19. The predicted molar refractivity (Wildman–Crippen MR) is 96.7 cm³/mol. The number of hydrogen-bond acceptors (Lipinski definition) is 3. The van der Waals surface area contributed by atoms with E-state index in [4.69, 9.17) is 11.2 Å². The smallest absolute Gasteiger partial charge is 0.155 e. The minimum Gasteiger partial charge on any atom is -0.377 e. The third-order valence-electron chi connectivity index (χ3n) is 8.51. The Labute approximate surface area is 151 Å². The van der Waals surface area contributed by atoms with Crippen LogP contribution in [-0.4, -0.2) is 29.2 Å². The predicted octanol–water partition coefficient (Wildman–Crippen LogP) is 3.51. The van der Waals surface area contributed by atoms with Crippen LogP contribution in [0.15, 0.2) is 11.6 Å². The number of carbonyl (C=O) groups excluding carboxylic acids is 1. The first-order valence-electron chi connectivity index (χ1n) is 9.80. The van der Waals surface area contributed by atoms with E-state index in [9.17, 15) is 9.90 Å². The van der Waals surface area contributed by atoms with Gasteiger partial charge in [0, 0.05) is 18.9 Å². The van der Waals surface area contributed by atoms with E-state index in [2.05, 4.69) is 19.8 Å². The lowest BCUT2D eigenvalue weighted by Crippen LogP contribution is -2.60. The second-order valence-corrected chi connectivity index (χ2v) is 9.20. The van der Waals surface area contributed by atoms with E-state index < -0.39 is 5.60 Å². The van der Waals surface area contributed by atoms with Gasteiger partial charge in [-0.25, -0.2) is 0 Å². The van der Waals surface area contributed by atoms with Gasteiger partial charge in [-0.1, -0.05) is 19.8 Å². The van der Waals surface area contributed by atoms with Crippen molar-refractivity contribution in [3.63, 3.8) is 0 Å². The van der Waals surface area contributed by atoms with Gasteiger partial charge in [0.15, 0.2) is 5.78 Å². The van der Waals surface area contributed by atoms with Gasteiger partial charge in [-0.2, -0.15) is 0 Å². The number of ether oxygens (including phenoxy) is 1. The molecule has 7 atom stereocenters. The Morgan fingerprint density at radius 3 is 2.68 bits per heavy atom. The molecule has 4 aliphatic rings. The van der Waals surface area contributed by atoms with Gasteiger partial charge in [-0.3, -0.25) is 4.79 Å². The first-order valence-corrected chi connectivity index (χ1v) is 9.80. The molecule has 3 saturated carbocycles. The lowest BCUT2D eigenvalue weighted by Gasteiger charge is -2.60. The molecule has 25 heavy (non-hydrogen) atoms. The Morgan fingerprint density at radius 1 is 1.28 bits per heavy atom. The highest BCUT2D eigenvalue weighted by Gasteiger charge is 2.65. The molecule has 3 fully saturated rings. The lowest BCUT2D eigenvalue weighted by molar-refractivity contribution is -0.158. The Hall–Kier alpha value is -1.11. The van der Waals surface area contributed by atoms with Crippen LogP contribution in [0.2, 0.25) is 0 Å². The van der Waals surface area contributed by atoms with Crippen molar-refractivity contribution in [2.75, 3.05) is 7.11 Å². The number of terminal acetylenes is 1. The van der Waals surface area contributed by atoms with Crippen molar-refractivity contribution in [2.45, 2.75) is 70.0 Å². The van der Waals surface area contributed by atoms with Crippen LogP contribution >= 0.6 is 0 Å². The molecule has 0 saturated heterocycles.